The number of carbonyl (C=O) groups is 1. The lowest BCUT2D eigenvalue weighted by Gasteiger charge is -2.30. The molecule has 1 aliphatic heterocycles. The fourth-order valence-electron chi connectivity index (χ4n) is 2.30. The average Bonchev–Trinajstić information content (AvgIpc) is 2.45. The zero-order chi connectivity index (χ0) is 15.6. The van der Waals surface area contributed by atoms with Gasteiger partial charge in [-0.3, -0.25) is 14.3 Å². The third-order valence-electron chi connectivity index (χ3n) is 3.23. The molecule has 1 aliphatic rings. The SMILES string of the molecule is COC(=O)C1CS(=O)CC(c2ccccc2C(F)(F)F)N1. The van der Waals surface area contributed by atoms with Crippen molar-refractivity contribution in [2.75, 3.05) is 18.6 Å². The number of carbonyl (C=O) groups excluding carboxylic acids is 1. The maximum atomic E-state index is 13.0. The lowest BCUT2D eigenvalue weighted by Crippen LogP contribution is -2.50. The maximum Gasteiger partial charge on any atom is 0.416 e. The second-order valence-corrected chi connectivity index (χ2v) is 6.20. The highest BCUT2D eigenvalue weighted by molar-refractivity contribution is 7.85. The Morgan fingerprint density at radius 2 is 2.00 bits per heavy atom. The monoisotopic (exact) mass is 321 g/mol. The minimum Gasteiger partial charge on any atom is -0.468 e. The van der Waals surface area contributed by atoms with Gasteiger partial charge in [0.15, 0.2) is 0 Å². The normalized spacial score (nSPS) is 26.4. The van der Waals surface area contributed by atoms with Gasteiger partial charge in [-0.15, -0.1) is 0 Å². The van der Waals surface area contributed by atoms with Crippen LogP contribution in [0.3, 0.4) is 0 Å². The Morgan fingerprint density at radius 1 is 1.33 bits per heavy atom. The number of halogens is 3. The summed E-state index contributed by atoms with van der Waals surface area (Å²) in [4.78, 5) is 11.5. The molecule has 1 heterocycles. The van der Waals surface area contributed by atoms with Crippen molar-refractivity contribution < 1.29 is 26.9 Å². The van der Waals surface area contributed by atoms with E-state index >= 15 is 0 Å². The van der Waals surface area contributed by atoms with Crippen molar-refractivity contribution in [3.8, 4) is 0 Å². The summed E-state index contributed by atoms with van der Waals surface area (Å²) in [5.74, 6) is -0.560. The highest BCUT2D eigenvalue weighted by Gasteiger charge is 2.38. The van der Waals surface area contributed by atoms with Gasteiger partial charge in [0.2, 0.25) is 0 Å². The van der Waals surface area contributed by atoms with Gasteiger partial charge in [-0.05, 0) is 11.6 Å². The van der Waals surface area contributed by atoms with E-state index in [1.165, 1.54) is 25.3 Å². The highest BCUT2D eigenvalue weighted by atomic mass is 32.2. The van der Waals surface area contributed by atoms with Crippen molar-refractivity contribution in [3.63, 3.8) is 0 Å². The quantitative estimate of drug-likeness (QED) is 0.842. The Hall–Kier alpha value is -1.41. The molecule has 0 spiro atoms. The number of rotatable bonds is 2. The lowest BCUT2D eigenvalue weighted by molar-refractivity contribution is -0.142. The van der Waals surface area contributed by atoms with Crippen molar-refractivity contribution in [2.24, 2.45) is 0 Å². The van der Waals surface area contributed by atoms with E-state index in [0.717, 1.165) is 6.07 Å². The molecule has 1 saturated heterocycles. The number of nitrogens with one attached hydrogen (secondary N) is 1. The Morgan fingerprint density at radius 3 is 2.62 bits per heavy atom. The summed E-state index contributed by atoms with van der Waals surface area (Å²) in [6.45, 7) is 0. The van der Waals surface area contributed by atoms with Gasteiger partial charge < -0.3 is 4.74 Å². The van der Waals surface area contributed by atoms with E-state index in [1.54, 1.807) is 0 Å². The van der Waals surface area contributed by atoms with E-state index in [4.69, 9.17) is 0 Å². The van der Waals surface area contributed by atoms with Gasteiger partial charge in [0.25, 0.3) is 0 Å². The molecule has 1 N–H and O–H groups in total. The largest absolute Gasteiger partial charge is 0.468 e. The van der Waals surface area contributed by atoms with Crippen molar-refractivity contribution in [1.82, 2.24) is 5.32 Å². The van der Waals surface area contributed by atoms with Crippen LogP contribution in [0.25, 0.3) is 0 Å². The van der Waals surface area contributed by atoms with Gasteiger partial charge in [-0.25, -0.2) is 0 Å². The van der Waals surface area contributed by atoms with E-state index < -0.39 is 40.6 Å². The van der Waals surface area contributed by atoms with Gasteiger partial charge in [0.05, 0.1) is 12.7 Å². The zero-order valence-electron chi connectivity index (χ0n) is 11.1. The molecule has 0 aliphatic carbocycles. The van der Waals surface area contributed by atoms with Crippen LogP contribution in [0, 0.1) is 0 Å². The Kier molecular flexibility index (Phi) is 4.67. The number of hydrogen-bond acceptors (Lipinski definition) is 4. The highest BCUT2D eigenvalue weighted by Crippen LogP contribution is 2.35. The van der Waals surface area contributed by atoms with Crippen LogP contribution in [0.5, 0.6) is 0 Å². The zero-order valence-corrected chi connectivity index (χ0v) is 12.0. The Bertz CT molecular complexity index is 562. The molecule has 21 heavy (non-hydrogen) atoms. The number of alkyl halides is 3. The molecule has 4 nitrogen and oxygen atoms in total. The minimum atomic E-state index is -4.50. The van der Waals surface area contributed by atoms with Crippen molar-refractivity contribution in [2.45, 2.75) is 18.3 Å². The van der Waals surface area contributed by atoms with E-state index in [-0.39, 0.29) is 17.1 Å². The molecule has 1 aromatic rings. The molecule has 116 valence electrons. The lowest BCUT2D eigenvalue weighted by atomic mass is 10.00. The summed E-state index contributed by atoms with van der Waals surface area (Å²) in [6, 6.07) is 3.41. The summed E-state index contributed by atoms with van der Waals surface area (Å²) >= 11 is 0. The van der Waals surface area contributed by atoms with Crippen molar-refractivity contribution in [1.29, 1.82) is 0 Å². The van der Waals surface area contributed by atoms with Crippen LogP contribution in [0.15, 0.2) is 24.3 Å². The first-order valence-electron chi connectivity index (χ1n) is 6.18. The topological polar surface area (TPSA) is 55.4 Å². The van der Waals surface area contributed by atoms with Crippen molar-refractivity contribution >= 4 is 16.8 Å². The summed E-state index contributed by atoms with van der Waals surface area (Å²) in [6.07, 6.45) is -4.50. The molecular weight excluding hydrogens is 307 g/mol. The number of benzene rings is 1. The van der Waals surface area contributed by atoms with Gasteiger partial charge in [-0.1, -0.05) is 18.2 Å². The van der Waals surface area contributed by atoms with Gasteiger partial charge >= 0.3 is 12.1 Å². The van der Waals surface area contributed by atoms with Crippen LogP contribution in [0.1, 0.15) is 17.2 Å². The predicted molar refractivity (Wildman–Crippen MR) is 71.0 cm³/mol. The molecular formula is C13H14F3NO3S. The summed E-state index contributed by atoms with van der Waals surface area (Å²) < 4.78 is 55.5. The molecule has 1 aromatic carbocycles. The van der Waals surface area contributed by atoms with Crippen LogP contribution < -0.4 is 5.32 Å². The van der Waals surface area contributed by atoms with E-state index in [9.17, 15) is 22.2 Å². The predicted octanol–water partition coefficient (Wildman–Crippen LogP) is 1.64. The third-order valence-corrected chi connectivity index (χ3v) is 4.65. The van der Waals surface area contributed by atoms with Gasteiger partial charge in [0, 0.05) is 28.3 Å². The van der Waals surface area contributed by atoms with Gasteiger partial charge in [-0.2, -0.15) is 13.2 Å². The van der Waals surface area contributed by atoms with Crippen molar-refractivity contribution in [3.05, 3.63) is 35.4 Å². The molecule has 3 atom stereocenters. The molecule has 0 amide bonds. The van der Waals surface area contributed by atoms with Crippen LogP contribution in [0.4, 0.5) is 13.2 Å². The molecule has 0 radical (unpaired) electrons. The molecule has 0 aromatic heterocycles. The Labute approximate surface area is 122 Å². The number of ether oxygens (including phenoxy) is 1. The smallest absolute Gasteiger partial charge is 0.416 e. The maximum absolute atomic E-state index is 13.0. The van der Waals surface area contributed by atoms with Crippen LogP contribution in [0.2, 0.25) is 0 Å². The van der Waals surface area contributed by atoms with Gasteiger partial charge in [0.1, 0.15) is 6.04 Å². The minimum absolute atomic E-state index is 0.00745. The van der Waals surface area contributed by atoms with E-state index in [0.29, 0.717) is 0 Å². The fraction of sp³-hybridized carbons (Fsp3) is 0.462. The van der Waals surface area contributed by atoms with E-state index in [1.807, 2.05) is 0 Å². The molecule has 0 saturated carbocycles. The van der Waals surface area contributed by atoms with Crippen LogP contribution in [-0.2, 0) is 26.5 Å². The average molecular weight is 321 g/mol. The molecule has 2 rings (SSSR count). The third kappa shape index (κ3) is 3.62. The molecule has 3 unspecified atom stereocenters. The summed E-state index contributed by atoms with van der Waals surface area (Å²) in [5.41, 5.74) is -0.794. The van der Waals surface area contributed by atoms with Crippen LogP contribution in [-0.4, -0.2) is 34.8 Å². The first-order chi connectivity index (χ1) is 9.82. The second kappa shape index (κ2) is 6.15. The Balaban J connectivity index is 2.33. The number of methoxy groups -OCH3 is 1. The molecule has 1 fully saturated rings. The number of hydrogen-bond donors (Lipinski definition) is 1. The summed E-state index contributed by atoms with van der Waals surface area (Å²) in [5, 5.41) is 2.80. The second-order valence-electron chi connectivity index (χ2n) is 4.65. The number of esters is 1. The first kappa shape index (κ1) is 16.0. The molecule has 0 bridgehead atoms. The standard InChI is InChI=1S/C13H14F3NO3S/c1-20-12(18)11-7-21(19)6-10(17-11)8-4-2-3-5-9(8)13(14,15)16/h2-5,10-11,17H,6-7H2,1H3. The summed E-state index contributed by atoms with van der Waals surface area (Å²) in [7, 11) is -0.208. The van der Waals surface area contributed by atoms with E-state index in [2.05, 4.69) is 10.1 Å². The first-order valence-corrected chi connectivity index (χ1v) is 7.66. The molecule has 8 heteroatoms. The fourth-order valence-corrected chi connectivity index (χ4v) is 3.68. The van der Waals surface area contributed by atoms with Crippen LogP contribution >= 0.6 is 0 Å².